The van der Waals surface area contributed by atoms with Crippen LogP contribution < -0.4 is 4.74 Å². The van der Waals surface area contributed by atoms with E-state index in [0.717, 1.165) is 9.32 Å². The first kappa shape index (κ1) is 13.0. The molecule has 0 aliphatic carbocycles. The van der Waals surface area contributed by atoms with Crippen LogP contribution in [-0.2, 0) is 9.53 Å². The van der Waals surface area contributed by atoms with Gasteiger partial charge in [-0.25, -0.2) is 4.79 Å². The van der Waals surface area contributed by atoms with Crippen molar-refractivity contribution in [2.45, 2.75) is 6.92 Å². The molecular weight excluding hydrogens is 319 g/mol. The summed E-state index contributed by atoms with van der Waals surface area (Å²) in [4.78, 5) is 10.9. The fraction of sp³-hybridized carbons (Fsp3) is 0.250. The van der Waals surface area contributed by atoms with E-state index in [4.69, 9.17) is 9.47 Å². The normalized spacial score (nSPS) is 10.4. The zero-order chi connectivity index (χ0) is 11.8. The van der Waals surface area contributed by atoms with E-state index in [1.54, 1.807) is 13.0 Å². The molecule has 1 rings (SSSR count). The molecule has 3 nitrogen and oxygen atoms in total. The van der Waals surface area contributed by atoms with Gasteiger partial charge < -0.3 is 9.47 Å². The van der Waals surface area contributed by atoms with E-state index in [1.165, 1.54) is 6.08 Å². The zero-order valence-electron chi connectivity index (χ0n) is 8.98. The molecule has 1 aromatic rings. The van der Waals surface area contributed by atoms with Crippen molar-refractivity contribution in [3.8, 4) is 5.75 Å². The van der Waals surface area contributed by atoms with Crippen LogP contribution >= 0.6 is 22.6 Å². The lowest BCUT2D eigenvalue weighted by Gasteiger charge is -2.02. The summed E-state index contributed by atoms with van der Waals surface area (Å²) in [5.41, 5.74) is 0. The maximum Gasteiger partial charge on any atom is 0.330 e. The van der Waals surface area contributed by atoms with Crippen molar-refractivity contribution in [2.24, 2.45) is 0 Å². The van der Waals surface area contributed by atoms with Gasteiger partial charge in [-0.05, 0) is 53.8 Å². The Morgan fingerprint density at radius 2 is 2.31 bits per heavy atom. The summed E-state index contributed by atoms with van der Waals surface area (Å²) in [5.74, 6) is 0.453. The first-order valence-electron chi connectivity index (χ1n) is 4.94. The van der Waals surface area contributed by atoms with Gasteiger partial charge in [0.1, 0.15) is 12.4 Å². The Hall–Kier alpha value is -1.04. The number of hydrogen-bond donors (Lipinski definition) is 0. The predicted molar refractivity (Wildman–Crippen MR) is 70.4 cm³/mol. The van der Waals surface area contributed by atoms with Gasteiger partial charge in [-0.3, -0.25) is 0 Å². The average molecular weight is 332 g/mol. The van der Waals surface area contributed by atoms with Crippen molar-refractivity contribution in [1.29, 1.82) is 0 Å². The zero-order valence-corrected chi connectivity index (χ0v) is 11.1. The first-order chi connectivity index (χ1) is 7.72. The van der Waals surface area contributed by atoms with Gasteiger partial charge in [0.05, 0.1) is 6.61 Å². The minimum absolute atomic E-state index is 0.339. The largest absolute Gasteiger partial charge is 0.489 e. The molecule has 0 N–H and O–H groups in total. The van der Waals surface area contributed by atoms with Gasteiger partial charge in [-0.1, -0.05) is 6.07 Å². The maximum atomic E-state index is 10.9. The minimum atomic E-state index is -0.339. The van der Waals surface area contributed by atoms with Gasteiger partial charge >= 0.3 is 5.97 Å². The van der Waals surface area contributed by atoms with Crippen molar-refractivity contribution in [3.63, 3.8) is 0 Å². The summed E-state index contributed by atoms with van der Waals surface area (Å²) < 4.78 is 11.3. The highest BCUT2D eigenvalue weighted by molar-refractivity contribution is 14.1. The molecule has 0 atom stereocenters. The Balaban J connectivity index is 2.33. The molecule has 0 unspecified atom stereocenters. The van der Waals surface area contributed by atoms with Crippen LogP contribution in [0, 0.1) is 3.57 Å². The topological polar surface area (TPSA) is 35.5 Å². The van der Waals surface area contributed by atoms with Crippen LogP contribution in [0.25, 0.3) is 0 Å². The van der Waals surface area contributed by atoms with Crippen LogP contribution in [0.15, 0.2) is 36.4 Å². The Kier molecular flexibility index (Phi) is 5.92. The number of halogens is 1. The molecule has 86 valence electrons. The molecule has 0 bridgehead atoms. The van der Waals surface area contributed by atoms with Crippen LogP contribution in [0.4, 0.5) is 0 Å². The highest BCUT2D eigenvalue weighted by atomic mass is 127. The number of rotatable bonds is 5. The van der Waals surface area contributed by atoms with E-state index < -0.39 is 0 Å². The van der Waals surface area contributed by atoms with Gasteiger partial charge in [0.2, 0.25) is 0 Å². The van der Waals surface area contributed by atoms with Gasteiger partial charge in [0.25, 0.3) is 0 Å². The molecule has 0 heterocycles. The van der Waals surface area contributed by atoms with Crippen LogP contribution in [0.1, 0.15) is 6.92 Å². The van der Waals surface area contributed by atoms with Crippen LogP contribution in [0.2, 0.25) is 0 Å². The van der Waals surface area contributed by atoms with Crippen LogP contribution in [0.3, 0.4) is 0 Å². The van der Waals surface area contributed by atoms with Crippen LogP contribution in [0.5, 0.6) is 5.75 Å². The first-order valence-corrected chi connectivity index (χ1v) is 6.02. The van der Waals surface area contributed by atoms with E-state index in [1.807, 2.05) is 24.3 Å². The quantitative estimate of drug-likeness (QED) is 0.473. The molecule has 4 heteroatoms. The second-order valence-corrected chi connectivity index (χ2v) is 4.17. The highest BCUT2D eigenvalue weighted by Gasteiger charge is 1.94. The molecule has 0 saturated carbocycles. The summed E-state index contributed by atoms with van der Waals surface area (Å²) >= 11 is 2.22. The summed E-state index contributed by atoms with van der Waals surface area (Å²) in [6, 6.07) is 7.72. The SMILES string of the molecule is CCOC(=O)/C=C/COc1cccc(I)c1. The summed E-state index contributed by atoms with van der Waals surface area (Å²) in [7, 11) is 0. The van der Waals surface area contributed by atoms with Crippen LogP contribution in [-0.4, -0.2) is 19.2 Å². The summed E-state index contributed by atoms with van der Waals surface area (Å²) in [5, 5.41) is 0. The molecule has 0 amide bonds. The number of carbonyl (C=O) groups excluding carboxylic acids is 1. The van der Waals surface area contributed by atoms with Crippen molar-refractivity contribution in [3.05, 3.63) is 40.0 Å². The summed E-state index contributed by atoms with van der Waals surface area (Å²) in [6.45, 7) is 2.52. The Labute approximate surface area is 109 Å². The lowest BCUT2D eigenvalue weighted by Crippen LogP contribution is -2.00. The van der Waals surface area contributed by atoms with Gasteiger partial charge in [-0.15, -0.1) is 0 Å². The Bertz CT molecular complexity index is 374. The van der Waals surface area contributed by atoms with Crippen molar-refractivity contribution < 1.29 is 14.3 Å². The van der Waals surface area contributed by atoms with E-state index >= 15 is 0 Å². The molecule has 0 aliphatic heterocycles. The molecule has 0 radical (unpaired) electrons. The third-order valence-electron chi connectivity index (χ3n) is 1.68. The minimum Gasteiger partial charge on any atom is -0.489 e. The summed E-state index contributed by atoms with van der Waals surface area (Å²) in [6.07, 6.45) is 3.01. The third-order valence-corrected chi connectivity index (χ3v) is 2.35. The monoisotopic (exact) mass is 332 g/mol. The highest BCUT2D eigenvalue weighted by Crippen LogP contribution is 2.14. The van der Waals surface area contributed by atoms with Crippen molar-refractivity contribution in [2.75, 3.05) is 13.2 Å². The van der Waals surface area contributed by atoms with E-state index in [9.17, 15) is 4.79 Å². The van der Waals surface area contributed by atoms with Crippen molar-refractivity contribution >= 4 is 28.6 Å². The second kappa shape index (κ2) is 7.27. The fourth-order valence-electron chi connectivity index (χ4n) is 1.04. The number of benzene rings is 1. The molecule has 0 aromatic heterocycles. The molecule has 0 aliphatic rings. The molecular formula is C12H13IO3. The Morgan fingerprint density at radius 1 is 1.50 bits per heavy atom. The molecule has 16 heavy (non-hydrogen) atoms. The maximum absolute atomic E-state index is 10.9. The fourth-order valence-corrected chi connectivity index (χ4v) is 1.55. The van der Waals surface area contributed by atoms with E-state index in [0.29, 0.717) is 13.2 Å². The molecule has 0 saturated heterocycles. The van der Waals surface area contributed by atoms with Gasteiger partial charge in [0.15, 0.2) is 0 Å². The molecule has 1 aromatic carbocycles. The molecule has 0 spiro atoms. The van der Waals surface area contributed by atoms with Gasteiger partial charge in [-0.2, -0.15) is 0 Å². The third kappa shape index (κ3) is 5.16. The lowest BCUT2D eigenvalue weighted by molar-refractivity contribution is -0.137. The predicted octanol–water partition coefficient (Wildman–Crippen LogP) is 2.79. The second-order valence-electron chi connectivity index (χ2n) is 2.92. The molecule has 0 fully saturated rings. The lowest BCUT2D eigenvalue weighted by atomic mass is 10.3. The number of ether oxygens (including phenoxy) is 2. The number of carbonyl (C=O) groups is 1. The number of esters is 1. The van der Waals surface area contributed by atoms with Crippen molar-refractivity contribution in [1.82, 2.24) is 0 Å². The van der Waals surface area contributed by atoms with E-state index in [-0.39, 0.29) is 5.97 Å². The number of hydrogen-bond acceptors (Lipinski definition) is 3. The van der Waals surface area contributed by atoms with Gasteiger partial charge in [0, 0.05) is 9.65 Å². The standard InChI is InChI=1S/C12H13IO3/c1-2-15-12(14)7-4-8-16-11-6-3-5-10(13)9-11/h3-7,9H,2,8H2,1H3/b7-4+. The smallest absolute Gasteiger partial charge is 0.330 e. The van der Waals surface area contributed by atoms with E-state index in [2.05, 4.69) is 22.6 Å². The Morgan fingerprint density at radius 3 is 3.00 bits per heavy atom. The average Bonchev–Trinajstić information content (AvgIpc) is 2.25.